The maximum absolute atomic E-state index is 9.64. The highest BCUT2D eigenvalue weighted by Crippen LogP contribution is 2.21. The van der Waals surface area contributed by atoms with Crippen LogP contribution in [0.3, 0.4) is 0 Å². The van der Waals surface area contributed by atoms with E-state index in [1.54, 1.807) is 0 Å². The molecule has 1 rings (SSSR count). The van der Waals surface area contributed by atoms with Gasteiger partial charge in [-0.2, -0.15) is 0 Å². The summed E-state index contributed by atoms with van der Waals surface area (Å²) in [5.41, 5.74) is 0. The molecule has 0 bridgehead atoms. The van der Waals surface area contributed by atoms with Gasteiger partial charge in [0.15, 0.2) is 0 Å². The van der Waals surface area contributed by atoms with Crippen molar-refractivity contribution < 1.29 is 40.1 Å². The van der Waals surface area contributed by atoms with Gasteiger partial charge >= 0.3 is 0 Å². The van der Waals surface area contributed by atoms with Gasteiger partial charge in [-0.15, -0.1) is 0 Å². The topological polar surface area (TPSA) is 140 Å². The molecule has 0 amide bonds. The first-order valence-electron chi connectivity index (χ1n) is 5.68. The lowest BCUT2D eigenvalue weighted by Crippen LogP contribution is -2.59. The Labute approximate surface area is 104 Å². The van der Waals surface area contributed by atoms with Crippen LogP contribution in [0.4, 0.5) is 0 Å². The predicted molar refractivity (Wildman–Crippen MR) is 57.7 cm³/mol. The molecule has 1 heterocycles. The molecule has 0 aromatic carbocycles. The quantitative estimate of drug-likeness (QED) is 0.288. The fourth-order valence-corrected chi connectivity index (χ4v) is 1.69. The average molecular weight is 268 g/mol. The zero-order valence-electron chi connectivity index (χ0n) is 9.79. The van der Waals surface area contributed by atoms with Gasteiger partial charge in [-0.05, 0) is 0 Å². The summed E-state index contributed by atoms with van der Waals surface area (Å²) in [4.78, 5) is 0. The third kappa shape index (κ3) is 3.84. The van der Waals surface area contributed by atoms with Crippen LogP contribution in [0.2, 0.25) is 0 Å². The molecule has 1 aliphatic rings. The standard InChI is InChI=1S/C10H20O8/c11-1-5(13)3-17-4-7-9(15)10(16)8(14)6(2-12)18-7/h5-16H,1-4H2. The molecule has 6 atom stereocenters. The molecule has 1 saturated heterocycles. The molecule has 0 aliphatic carbocycles. The van der Waals surface area contributed by atoms with E-state index in [4.69, 9.17) is 24.8 Å². The van der Waals surface area contributed by atoms with Crippen LogP contribution in [0.25, 0.3) is 0 Å². The first kappa shape index (κ1) is 15.7. The summed E-state index contributed by atoms with van der Waals surface area (Å²) in [6, 6.07) is 0. The van der Waals surface area contributed by atoms with E-state index in [0.717, 1.165) is 0 Å². The van der Waals surface area contributed by atoms with Crippen molar-refractivity contribution in [3.63, 3.8) is 0 Å². The van der Waals surface area contributed by atoms with Crippen molar-refractivity contribution in [2.24, 2.45) is 0 Å². The molecule has 1 fully saturated rings. The van der Waals surface area contributed by atoms with Crippen molar-refractivity contribution >= 4 is 0 Å². The Morgan fingerprint density at radius 2 is 1.61 bits per heavy atom. The minimum absolute atomic E-state index is 0.140. The third-order valence-corrected chi connectivity index (χ3v) is 2.79. The first-order valence-corrected chi connectivity index (χ1v) is 5.68. The second kappa shape index (κ2) is 7.31. The summed E-state index contributed by atoms with van der Waals surface area (Å²) in [6.45, 7) is -1.24. The number of hydrogen-bond donors (Lipinski definition) is 6. The molecule has 108 valence electrons. The van der Waals surface area contributed by atoms with E-state index in [1.165, 1.54) is 0 Å². The molecule has 6 N–H and O–H groups in total. The fourth-order valence-electron chi connectivity index (χ4n) is 1.69. The molecule has 18 heavy (non-hydrogen) atoms. The third-order valence-electron chi connectivity index (χ3n) is 2.79. The van der Waals surface area contributed by atoms with Crippen LogP contribution < -0.4 is 0 Å². The van der Waals surface area contributed by atoms with Crippen molar-refractivity contribution in [1.29, 1.82) is 0 Å². The van der Waals surface area contributed by atoms with Gasteiger partial charge < -0.3 is 40.1 Å². The van der Waals surface area contributed by atoms with E-state index in [0.29, 0.717) is 0 Å². The molecule has 0 spiro atoms. The highest BCUT2D eigenvalue weighted by atomic mass is 16.6. The van der Waals surface area contributed by atoms with E-state index < -0.39 is 49.8 Å². The summed E-state index contributed by atoms with van der Waals surface area (Å²) in [5, 5.41) is 55.2. The van der Waals surface area contributed by atoms with Gasteiger partial charge in [0.1, 0.15) is 36.6 Å². The SMILES string of the molecule is OCC(O)COCC1OC(CO)C(O)C(O)C1O. The van der Waals surface area contributed by atoms with Gasteiger partial charge in [-0.1, -0.05) is 0 Å². The van der Waals surface area contributed by atoms with Crippen LogP contribution in [0.1, 0.15) is 0 Å². The van der Waals surface area contributed by atoms with Crippen LogP contribution in [-0.2, 0) is 9.47 Å². The van der Waals surface area contributed by atoms with E-state index >= 15 is 0 Å². The van der Waals surface area contributed by atoms with E-state index in [2.05, 4.69) is 0 Å². The van der Waals surface area contributed by atoms with Gasteiger partial charge in [0, 0.05) is 0 Å². The molecule has 0 saturated carbocycles. The minimum Gasteiger partial charge on any atom is -0.394 e. The zero-order valence-corrected chi connectivity index (χ0v) is 9.79. The van der Waals surface area contributed by atoms with Crippen molar-refractivity contribution in [3.8, 4) is 0 Å². The molecule has 0 radical (unpaired) electrons. The summed E-state index contributed by atoms with van der Waals surface area (Å²) in [5.74, 6) is 0. The lowest BCUT2D eigenvalue weighted by atomic mass is 9.95. The number of hydrogen-bond acceptors (Lipinski definition) is 8. The van der Waals surface area contributed by atoms with E-state index in [9.17, 15) is 15.3 Å². The number of aliphatic hydroxyl groups is 6. The summed E-state index contributed by atoms with van der Waals surface area (Å²) in [7, 11) is 0. The molecule has 6 unspecified atom stereocenters. The monoisotopic (exact) mass is 268 g/mol. The molecule has 0 aromatic heterocycles. The van der Waals surface area contributed by atoms with Crippen LogP contribution in [0.15, 0.2) is 0 Å². The van der Waals surface area contributed by atoms with Gasteiger partial charge in [-0.3, -0.25) is 0 Å². The second-order valence-corrected chi connectivity index (χ2v) is 4.24. The summed E-state index contributed by atoms with van der Waals surface area (Å²) in [6.07, 6.45) is -7.12. The Balaban J connectivity index is 2.44. The maximum atomic E-state index is 9.64. The van der Waals surface area contributed by atoms with E-state index in [1.807, 2.05) is 0 Å². The zero-order chi connectivity index (χ0) is 13.7. The molecule has 0 aromatic rings. The predicted octanol–water partition coefficient (Wildman–Crippen LogP) is -3.80. The smallest absolute Gasteiger partial charge is 0.111 e. The Kier molecular flexibility index (Phi) is 6.39. The van der Waals surface area contributed by atoms with Crippen molar-refractivity contribution in [3.05, 3.63) is 0 Å². The Bertz CT molecular complexity index is 236. The number of rotatable bonds is 6. The lowest BCUT2D eigenvalue weighted by Gasteiger charge is -2.39. The molecule has 1 aliphatic heterocycles. The number of ether oxygens (including phenoxy) is 2. The Morgan fingerprint density at radius 1 is 1.00 bits per heavy atom. The minimum atomic E-state index is -1.44. The van der Waals surface area contributed by atoms with Crippen LogP contribution in [-0.4, -0.2) is 93.7 Å². The first-order chi connectivity index (χ1) is 8.51. The normalized spacial score (nSPS) is 38.7. The maximum Gasteiger partial charge on any atom is 0.111 e. The van der Waals surface area contributed by atoms with Crippen molar-refractivity contribution in [2.45, 2.75) is 36.6 Å². The van der Waals surface area contributed by atoms with Gasteiger partial charge in [0.05, 0.1) is 26.4 Å². The van der Waals surface area contributed by atoms with Gasteiger partial charge in [0.25, 0.3) is 0 Å². The summed E-state index contributed by atoms with van der Waals surface area (Å²) >= 11 is 0. The van der Waals surface area contributed by atoms with Crippen LogP contribution >= 0.6 is 0 Å². The molecule has 8 heteroatoms. The van der Waals surface area contributed by atoms with E-state index in [-0.39, 0.29) is 13.2 Å². The van der Waals surface area contributed by atoms with Crippen molar-refractivity contribution in [1.82, 2.24) is 0 Å². The Morgan fingerprint density at radius 3 is 2.17 bits per heavy atom. The Hall–Kier alpha value is -0.320. The number of aliphatic hydroxyl groups excluding tert-OH is 6. The molecular weight excluding hydrogens is 248 g/mol. The van der Waals surface area contributed by atoms with Crippen LogP contribution in [0.5, 0.6) is 0 Å². The molecule has 8 nitrogen and oxygen atoms in total. The summed E-state index contributed by atoms with van der Waals surface area (Å²) < 4.78 is 10.2. The van der Waals surface area contributed by atoms with Gasteiger partial charge in [0.2, 0.25) is 0 Å². The average Bonchev–Trinajstić information content (AvgIpc) is 2.38. The van der Waals surface area contributed by atoms with Gasteiger partial charge in [-0.25, -0.2) is 0 Å². The largest absolute Gasteiger partial charge is 0.394 e. The second-order valence-electron chi connectivity index (χ2n) is 4.24. The highest BCUT2D eigenvalue weighted by Gasteiger charge is 2.43. The molecular formula is C10H20O8. The highest BCUT2D eigenvalue weighted by molar-refractivity contribution is 4.91. The van der Waals surface area contributed by atoms with Crippen molar-refractivity contribution in [2.75, 3.05) is 26.4 Å². The van der Waals surface area contributed by atoms with Crippen LogP contribution in [0, 0.1) is 0 Å². The fraction of sp³-hybridized carbons (Fsp3) is 1.00. The lowest BCUT2D eigenvalue weighted by molar-refractivity contribution is -0.240.